The summed E-state index contributed by atoms with van der Waals surface area (Å²) in [4.78, 5) is 19.9. The summed E-state index contributed by atoms with van der Waals surface area (Å²) in [5.74, 6) is 0.342. The molecule has 0 spiro atoms. The van der Waals surface area contributed by atoms with Crippen LogP contribution in [0.4, 0.5) is 0 Å². The van der Waals surface area contributed by atoms with Crippen molar-refractivity contribution >= 4 is 11.6 Å². The largest absolute Gasteiger partial charge is 0.350 e. The fraction of sp³-hybridized carbons (Fsp3) is 0.240. The van der Waals surface area contributed by atoms with Crippen LogP contribution in [0.5, 0.6) is 0 Å². The van der Waals surface area contributed by atoms with Crippen LogP contribution < -0.4 is 5.32 Å². The monoisotopic (exact) mass is 411 g/mol. The molecule has 1 aliphatic heterocycles. The van der Waals surface area contributed by atoms with Crippen LogP contribution in [0.1, 0.15) is 16.9 Å². The van der Waals surface area contributed by atoms with Gasteiger partial charge in [-0.3, -0.25) is 4.79 Å². The summed E-state index contributed by atoms with van der Waals surface area (Å²) >= 11 is 0. The van der Waals surface area contributed by atoms with Gasteiger partial charge in [-0.05, 0) is 32.0 Å². The number of amides is 1. The van der Waals surface area contributed by atoms with Gasteiger partial charge in [-0.25, -0.2) is 9.50 Å². The second kappa shape index (κ2) is 8.32. The second-order valence-electron chi connectivity index (χ2n) is 8.19. The van der Waals surface area contributed by atoms with Crippen LogP contribution in [0, 0.1) is 5.92 Å². The lowest BCUT2D eigenvalue weighted by molar-refractivity contribution is 0.0942. The van der Waals surface area contributed by atoms with Gasteiger partial charge >= 0.3 is 0 Å². The molecule has 31 heavy (non-hydrogen) atoms. The molecule has 5 rings (SSSR count). The first-order chi connectivity index (χ1) is 15.2. The minimum atomic E-state index is -0.152. The highest BCUT2D eigenvalue weighted by atomic mass is 16.1. The third kappa shape index (κ3) is 4.07. The fourth-order valence-electron chi connectivity index (χ4n) is 4.18. The predicted octanol–water partition coefficient (Wildman–Crippen LogP) is 3.74. The minimum absolute atomic E-state index is 0.152. The summed E-state index contributed by atoms with van der Waals surface area (Å²) in [5, 5.41) is 7.67. The van der Waals surface area contributed by atoms with Crippen molar-refractivity contribution in [1.29, 1.82) is 0 Å². The Bertz CT molecular complexity index is 1200. The Labute approximate surface area is 181 Å². The van der Waals surface area contributed by atoms with Gasteiger partial charge in [-0.15, -0.1) is 0 Å². The van der Waals surface area contributed by atoms with E-state index in [9.17, 15) is 4.79 Å². The number of nitrogens with zero attached hydrogens (tertiary/aromatic N) is 4. The van der Waals surface area contributed by atoms with Crippen LogP contribution >= 0.6 is 0 Å². The Morgan fingerprint density at radius 3 is 2.42 bits per heavy atom. The van der Waals surface area contributed by atoms with E-state index in [1.165, 1.54) is 0 Å². The molecule has 1 fully saturated rings. The van der Waals surface area contributed by atoms with Crippen LogP contribution in [0.15, 0.2) is 72.8 Å². The van der Waals surface area contributed by atoms with E-state index in [0.717, 1.165) is 42.0 Å². The first kappa shape index (κ1) is 19.5. The number of aromatic nitrogens is 3. The smallest absolute Gasteiger partial charge is 0.271 e. The van der Waals surface area contributed by atoms with Gasteiger partial charge in [0, 0.05) is 30.3 Å². The maximum atomic E-state index is 12.8. The van der Waals surface area contributed by atoms with Crippen molar-refractivity contribution in [3.05, 3.63) is 78.5 Å². The fourth-order valence-corrected chi connectivity index (χ4v) is 4.18. The molecule has 156 valence electrons. The average Bonchev–Trinajstić information content (AvgIpc) is 3.44. The topological polar surface area (TPSA) is 62.5 Å². The van der Waals surface area contributed by atoms with Crippen molar-refractivity contribution in [2.24, 2.45) is 5.92 Å². The lowest BCUT2D eigenvalue weighted by Crippen LogP contribution is -2.30. The summed E-state index contributed by atoms with van der Waals surface area (Å²) < 4.78 is 1.76. The molecule has 0 aliphatic carbocycles. The first-order valence-corrected chi connectivity index (χ1v) is 10.7. The quantitative estimate of drug-likeness (QED) is 0.543. The molecule has 3 heterocycles. The Hall–Kier alpha value is -3.51. The number of benzene rings is 2. The van der Waals surface area contributed by atoms with Crippen molar-refractivity contribution in [1.82, 2.24) is 24.8 Å². The van der Waals surface area contributed by atoms with Crippen molar-refractivity contribution in [2.45, 2.75) is 6.42 Å². The van der Waals surface area contributed by atoms with Gasteiger partial charge in [0.25, 0.3) is 5.91 Å². The molecule has 6 nitrogen and oxygen atoms in total. The molecule has 1 saturated heterocycles. The molecule has 0 bridgehead atoms. The number of nitrogens with one attached hydrogen (secondary N) is 1. The molecular weight excluding hydrogens is 386 g/mol. The van der Waals surface area contributed by atoms with Gasteiger partial charge in [0.15, 0.2) is 11.3 Å². The van der Waals surface area contributed by atoms with Crippen LogP contribution in [-0.4, -0.2) is 52.1 Å². The molecule has 2 aromatic carbocycles. The zero-order valence-electron chi connectivity index (χ0n) is 17.5. The van der Waals surface area contributed by atoms with Crippen LogP contribution in [-0.2, 0) is 0 Å². The highest BCUT2D eigenvalue weighted by Gasteiger charge is 2.21. The van der Waals surface area contributed by atoms with Crippen molar-refractivity contribution in [2.75, 3.05) is 26.7 Å². The SMILES string of the molecule is CN1CCC(CNC(=O)c2cc3nc(-c4ccccc4)cc(-c4ccccc4)n3n2)C1. The summed E-state index contributed by atoms with van der Waals surface area (Å²) in [6.07, 6.45) is 1.11. The third-order valence-electron chi connectivity index (χ3n) is 5.84. The van der Waals surface area contributed by atoms with Crippen molar-refractivity contribution < 1.29 is 4.79 Å². The minimum Gasteiger partial charge on any atom is -0.350 e. The van der Waals surface area contributed by atoms with Gasteiger partial charge in [0.2, 0.25) is 0 Å². The van der Waals surface area contributed by atoms with Gasteiger partial charge in [0.1, 0.15) is 0 Å². The first-order valence-electron chi connectivity index (χ1n) is 10.7. The van der Waals surface area contributed by atoms with E-state index in [4.69, 9.17) is 4.98 Å². The molecule has 0 saturated carbocycles. The van der Waals surface area contributed by atoms with Crippen LogP contribution in [0.3, 0.4) is 0 Å². The number of fused-ring (bicyclic) bond motifs is 1. The highest BCUT2D eigenvalue weighted by Crippen LogP contribution is 2.26. The van der Waals surface area contributed by atoms with E-state index >= 15 is 0 Å². The van der Waals surface area contributed by atoms with Gasteiger partial charge in [0.05, 0.1) is 11.4 Å². The van der Waals surface area contributed by atoms with Crippen molar-refractivity contribution in [3.63, 3.8) is 0 Å². The van der Waals surface area contributed by atoms with E-state index in [2.05, 4.69) is 22.4 Å². The van der Waals surface area contributed by atoms with E-state index in [0.29, 0.717) is 23.8 Å². The number of hydrogen-bond donors (Lipinski definition) is 1. The van der Waals surface area contributed by atoms with E-state index in [1.807, 2.05) is 66.7 Å². The third-order valence-corrected chi connectivity index (χ3v) is 5.84. The van der Waals surface area contributed by atoms with E-state index < -0.39 is 0 Å². The number of likely N-dealkylation sites (tertiary alicyclic amines) is 1. The van der Waals surface area contributed by atoms with E-state index in [1.54, 1.807) is 10.6 Å². The molecule has 1 aliphatic rings. The maximum absolute atomic E-state index is 12.8. The lowest BCUT2D eigenvalue weighted by atomic mass is 10.1. The highest BCUT2D eigenvalue weighted by molar-refractivity contribution is 5.93. The number of rotatable bonds is 5. The molecule has 1 amide bonds. The summed E-state index contributed by atoms with van der Waals surface area (Å²) in [6, 6.07) is 23.9. The van der Waals surface area contributed by atoms with Crippen LogP contribution in [0.25, 0.3) is 28.2 Å². The van der Waals surface area contributed by atoms with Gasteiger partial charge in [-0.2, -0.15) is 5.10 Å². The van der Waals surface area contributed by atoms with Crippen LogP contribution in [0.2, 0.25) is 0 Å². The van der Waals surface area contributed by atoms with Crippen molar-refractivity contribution in [3.8, 4) is 22.5 Å². The molecule has 2 aromatic heterocycles. The predicted molar refractivity (Wildman–Crippen MR) is 122 cm³/mol. The Morgan fingerprint density at radius 1 is 1.03 bits per heavy atom. The molecular formula is C25H25N5O. The summed E-state index contributed by atoms with van der Waals surface area (Å²) in [6.45, 7) is 2.78. The lowest BCUT2D eigenvalue weighted by Gasteiger charge is -2.10. The Balaban J connectivity index is 1.51. The normalized spacial score (nSPS) is 16.6. The van der Waals surface area contributed by atoms with Gasteiger partial charge in [-0.1, -0.05) is 60.7 Å². The Morgan fingerprint density at radius 2 is 1.74 bits per heavy atom. The zero-order chi connectivity index (χ0) is 21.2. The molecule has 6 heteroatoms. The molecule has 1 N–H and O–H groups in total. The maximum Gasteiger partial charge on any atom is 0.271 e. The van der Waals surface area contributed by atoms with Gasteiger partial charge < -0.3 is 10.2 Å². The standard InChI is InChI=1S/C25H25N5O/c1-29-13-12-18(17-29)16-26-25(31)22-15-24-27-21(19-8-4-2-5-9-19)14-23(30(24)28-22)20-10-6-3-7-11-20/h2-11,14-15,18H,12-13,16-17H2,1H3,(H,26,31). The Kier molecular flexibility index (Phi) is 5.22. The number of carbonyl (C=O) groups excluding carboxylic acids is 1. The molecule has 1 atom stereocenters. The zero-order valence-corrected chi connectivity index (χ0v) is 17.5. The summed E-state index contributed by atoms with van der Waals surface area (Å²) in [5.41, 5.74) is 4.86. The number of carbonyl (C=O) groups is 1. The average molecular weight is 412 g/mol. The van der Waals surface area contributed by atoms with E-state index in [-0.39, 0.29) is 5.91 Å². The summed E-state index contributed by atoms with van der Waals surface area (Å²) in [7, 11) is 2.12. The molecule has 0 radical (unpaired) electrons. The number of hydrogen-bond acceptors (Lipinski definition) is 4. The molecule has 4 aromatic rings. The molecule has 1 unspecified atom stereocenters. The second-order valence-corrected chi connectivity index (χ2v) is 8.19.